The minimum Gasteiger partial charge on any atom is -0.435 e. The standard InChI is InChI=1S/C13H19F2NO3/c1-9(16-7-11(17)8-18-2)10-3-5-12(6-4-10)19-13(14)15/h3-6,9,11,13,16-17H,7-8H2,1-2H3. The summed E-state index contributed by atoms with van der Waals surface area (Å²) in [5, 5.41) is 12.6. The summed E-state index contributed by atoms with van der Waals surface area (Å²) < 4.78 is 33.1. The first-order chi connectivity index (χ1) is 9.02. The number of alkyl halides is 2. The van der Waals surface area contributed by atoms with Gasteiger partial charge >= 0.3 is 6.61 Å². The van der Waals surface area contributed by atoms with E-state index in [0.29, 0.717) is 6.54 Å². The third kappa shape index (κ3) is 5.96. The zero-order valence-corrected chi connectivity index (χ0v) is 11.0. The van der Waals surface area contributed by atoms with Crippen LogP contribution in [0.2, 0.25) is 0 Å². The molecule has 4 nitrogen and oxygen atoms in total. The van der Waals surface area contributed by atoms with E-state index in [9.17, 15) is 13.9 Å². The van der Waals surface area contributed by atoms with Crippen LogP contribution in [0.5, 0.6) is 5.75 Å². The Labute approximate surface area is 111 Å². The molecule has 2 unspecified atom stereocenters. The van der Waals surface area contributed by atoms with Crippen molar-refractivity contribution in [1.82, 2.24) is 5.32 Å². The average Bonchev–Trinajstić information content (AvgIpc) is 2.36. The highest BCUT2D eigenvalue weighted by Gasteiger charge is 2.09. The molecule has 19 heavy (non-hydrogen) atoms. The summed E-state index contributed by atoms with van der Waals surface area (Å²) in [6, 6.07) is 6.39. The summed E-state index contributed by atoms with van der Waals surface area (Å²) in [5.74, 6) is 0.130. The Morgan fingerprint density at radius 3 is 2.42 bits per heavy atom. The number of rotatable bonds is 8. The molecule has 0 saturated carbocycles. The van der Waals surface area contributed by atoms with Gasteiger partial charge in [-0.15, -0.1) is 0 Å². The lowest BCUT2D eigenvalue weighted by molar-refractivity contribution is -0.0498. The number of hydrogen-bond donors (Lipinski definition) is 2. The number of ether oxygens (including phenoxy) is 2. The normalized spacial score (nSPS) is 14.4. The average molecular weight is 275 g/mol. The zero-order valence-electron chi connectivity index (χ0n) is 11.0. The van der Waals surface area contributed by atoms with Gasteiger partial charge < -0.3 is 19.9 Å². The lowest BCUT2D eigenvalue weighted by Crippen LogP contribution is -2.31. The zero-order chi connectivity index (χ0) is 14.3. The molecule has 0 bridgehead atoms. The Kier molecular flexibility index (Phi) is 6.69. The summed E-state index contributed by atoms with van der Waals surface area (Å²) in [7, 11) is 1.52. The molecular formula is C13H19F2NO3. The van der Waals surface area contributed by atoms with E-state index in [1.807, 2.05) is 6.92 Å². The second-order valence-corrected chi connectivity index (χ2v) is 4.19. The van der Waals surface area contributed by atoms with Crippen LogP contribution in [-0.4, -0.2) is 38.1 Å². The second-order valence-electron chi connectivity index (χ2n) is 4.19. The molecule has 0 aromatic heterocycles. The smallest absolute Gasteiger partial charge is 0.387 e. The van der Waals surface area contributed by atoms with Crippen molar-refractivity contribution in [3.8, 4) is 5.75 Å². The van der Waals surface area contributed by atoms with E-state index in [1.54, 1.807) is 12.1 Å². The first kappa shape index (κ1) is 15.8. The highest BCUT2D eigenvalue weighted by molar-refractivity contribution is 5.28. The van der Waals surface area contributed by atoms with Gasteiger partial charge in [-0.2, -0.15) is 8.78 Å². The van der Waals surface area contributed by atoms with Gasteiger partial charge in [-0.3, -0.25) is 0 Å². The molecule has 1 rings (SSSR count). The third-order valence-electron chi connectivity index (χ3n) is 2.62. The molecule has 0 spiro atoms. The SMILES string of the molecule is COCC(O)CNC(C)c1ccc(OC(F)F)cc1. The van der Waals surface area contributed by atoms with Crippen LogP contribution in [0.25, 0.3) is 0 Å². The molecule has 0 heterocycles. The predicted octanol–water partition coefficient (Wildman–Crippen LogP) is 1.95. The van der Waals surface area contributed by atoms with Gasteiger partial charge in [-0.1, -0.05) is 12.1 Å². The summed E-state index contributed by atoms with van der Waals surface area (Å²) in [6.07, 6.45) is -0.575. The minimum atomic E-state index is -2.81. The van der Waals surface area contributed by atoms with E-state index in [2.05, 4.69) is 10.1 Å². The van der Waals surface area contributed by atoms with Crippen LogP contribution in [0.4, 0.5) is 8.78 Å². The van der Waals surface area contributed by atoms with Gasteiger partial charge in [0.15, 0.2) is 0 Å². The van der Waals surface area contributed by atoms with Crippen molar-refractivity contribution >= 4 is 0 Å². The maximum absolute atomic E-state index is 12.0. The lowest BCUT2D eigenvalue weighted by atomic mass is 10.1. The van der Waals surface area contributed by atoms with Crippen LogP contribution in [0, 0.1) is 0 Å². The van der Waals surface area contributed by atoms with E-state index >= 15 is 0 Å². The third-order valence-corrected chi connectivity index (χ3v) is 2.62. The van der Waals surface area contributed by atoms with Crippen molar-refractivity contribution in [2.45, 2.75) is 25.7 Å². The van der Waals surface area contributed by atoms with Gasteiger partial charge in [-0.25, -0.2) is 0 Å². The second kappa shape index (κ2) is 8.04. The van der Waals surface area contributed by atoms with Crippen molar-refractivity contribution in [2.24, 2.45) is 0 Å². The number of aliphatic hydroxyl groups excluding tert-OH is 1. The topological polar surface area (TPSA) is 50.7 Å². The fourth-order valence-corrected chi connectivity index (χ4v) is 1.62. The summed E-state index contributed by atoms with van der Waals surface area (Å²) in [6.45, 7) is -0.237. The predicted molar refractivity (Wildman–Crippen MR) is 67.4 cm³/mol. The van der Waals surface area contributed by atoms with Crippen LogP contribution in [-0.2, 0) is 4.74 Å². The number of hydrogen-bond acceptors (Lipinski definition) is 4. The van der Waals surface area contributed by atoms with Gasteiger partial charge in [0, 0.05) is 19.7 Å². The number of benzene rings is 1. The van der Waals surface area contributed by atoms with Gasteiger partial charge in [0.2, 0.25) is 0 Å². The van der Waals surface area contributed by atoms with Gasteiger partial charge in [0.05, 0.1) is 12.7 Å². The molecule has 0 aliphatic rings. The highest BCUT2D eigenvalue weighted by atomic mass is 19.3. The molecule has 0 radical (unpaired) electrons. The summed E-state index contributed by atoms with van der Waals surface area (Å²) in [5.41, 5.74) is 0.922. The van der Waals surface area contributed by atoms with Crippen molar-refractivity contribution in [2.75, 3.05) is 20.3 Å². The number of nitrogens with one attached hydrogen (secondary N) is 1. The van der Waals surface area contributed by atoms with E-state index in [-0.39, 0.29) is 18.4 Å². The van der Waals surface area contributed by atoms with Crippen LogP contribution in [0.3, 0.4) is 0 Å². The highest BCUT2D eigenvalue weighted by Crippen LogP contribution is 2.19. The van der Waals surface area contributed by atoms with Crippen molar-refractivity contribution in [3.05, 3.63) is 29.8 Å². The molecule has 1 aromatic rings. The summed E-state index contributed by atoms with van der Waals surface area (Å²) in [4.78, 5) is 0. The van der Waals surface area contributed by atoms with E-state index in [1.165, 1.54) is 19.2 Å². The summed E-state index contributed by atoms with van der Waals surface area (Å²) >= 11 is 0. The van der Waals surface area contributed by atoms with Crippen LogP contribution >= 0.6 is 0 Å². The van der Waals surface area contributed by atoms with E-state index in [4.69, 9.17) is 4.74 Å². The van der Waals surface area contributed by atoms with Gasteiger partial charge in [0.25, 0.3) is 0 Å². The largest absolute Gasteiger partial charge is 0.435 e. The molecular weight excluding hydrogens is 256 g/mol. The Morgan fingerprint density at radius 1 is 1.26 bits per heavy atom. The molecule has 0 aliphatic carbocycles. The number of aliphatic hydroxyl groups is 1. The van der Waals surface area contributed by atoms with Gasteiger partial charge in [-0.05, 0) is 24.6 Å². The van der Waals surface area contributed by atoms with E-state index in [0.717, 1.165) is 5.56 Å². The Morgan fingerprint density at radius 2 is 1.89 bits per heavy atom. The Bertz CT molecular complexity index is 359. The quantitative estimate of drug-likeness (QED) is 0.761. The van der Waals surface area contributed by atoms with Crippen molar-refractivity contribution < 1.29 is 23.4 Å². The number of halogens is 2. The molecule has 0 saturated heterocycles. The van der Waals surface area contributed by atoms with Crippen LogP contribution in [0.1, 0.15) is 18.5 Å². The van der Waals surface area contributed by atoms with Crippen LogP contribution < -0.4 is 10.1 Å². The fourth-order valence-electron chi connectivity index (χ4n) is 1.62. The monoisotopic (exact) mass is 275 g/mol. The molecule has 2 atom stereocenters. The lowest BCUT2D eigenvalue weighted by Gasteiger charge is -2.17. The molecule has 1 aromatic carbocycles. The maximum atomic E-state index is 12.0. The number of methoxy groups -OCH3 is 1. The molecule has 0 aliphatic heterocycles. The maximum Gasteiger partial charge on any atom is 0.387 e. The molecule has 0 fully saturated rings. The first-order valence-electron chi connectivity index (χ1n) is 5.98. The van der Waals surface area contributed by atoms with Crippen LogP contribution in [0.15, 0.2) is 24.3 Å². The van der Waals surface area contributed by atoms with Crippen molar-refractivity contribution in [3.63, 3.8) is 0 Å². The molecule has 6 heteroatoms. The molecule has 108 valence electrons. The molecule has 0 amide bonds. The Hall–Kier alpha value is -1.24. The molecule has 2 N–H and O–H groups in total. The van der Waals surface area contributed by atoms with Gasteiger partial charge in [0.1, 0.15) is 5.75 Å². The van der Waals surface area contributed by atoms with E-state index < -0.39 is 12.7 Å². The first-order valence-corrected chi connectivity index (χ1v) is 5.98. The Balaban J connectivity index is 2.46. The van der Waals surface area contributed by atoms with Crippen molar-refractivity contribution in [1.29, 1.82) is 0 Å². The fraction of sp³-hybridized carbons (Fsp3) is 0.538. The minimum absolute atomic E-state index is 0.00731.